The highest BCUT2D eigenvalue weighted by Gasteiger charge is 2.20. The fourth-order valence-electron chi connectivity index (χ4n) is 5.48. The molecule has 1 aliphatic rings. The van der Waals surface area contributed by atoms with E-state index in [1.165, 1.54) is 0 Å². The van der Waals surface area contributed by atoms with Crippen LogP contribution in [-0.2, 0) is 0 Å². The Bertz CT molecular complexity index is 1930. The van der Waals surface area contributed by atoms with Crippen molar-refractivity contribution in [1.82, 2.24) is 9.88 Å². The zero-order valence-electron chi connectivity index (χ0n) is 29.8. The van der Waals surface area contributed by atoms with Crippen LogP contribution in [0.3, 0.4) is 0 Å². The molecule has 0 radical (unpaired) electrons. The Hall–Kier alpha value is -5.46. The Kier molecular flexibility index (Phi) is 13.9. The third-order valence-corrected chi connectivity index (χ3v) is 8.13. The van der Waals surface area contributed by atoms with Gasteiger partial charge >= 0.3 is 0 Å². The molecule has 0 amide bonds. The first-order valence-electron chi connectivity index (χ1n) is 16.4. The average molecular weight is 632 g/mol. The summed E-state index contributed by atoms with van der Waals surface area (Å²) in [4.78, 5) is 12.4. The quantitative estimate of drug-likeness (QED) is 0.101. The topological polar surface area (TPSA) is 28.5 Å². The summed E-state index contributed by atoms with van der Waals surface area (Å²) in [5.74, 6) is 3.50. The number of aliphatic imine (C=N–C) groups is 1. The van der Waals surface area contributed by atoms with Crippen molar-refractivity contribution in [3.63, 3.8) is 0 Å². The van der Waals surface area contributed by atoms with Gasteiger partial charge in [-0.05, 0) is 94.4 Å². The van der Waals surface area contributed by atoms with E-state index in [1.807, 2.05) is 102 Å². The Balaban J connectivity index is 2.26. The van der Waals surface area contributed by atoms with E-state index in [2.05, 4.69) is 80.8 Å². The van der Waals surface area contributed by atoms with Crippen molar-refractivity contribution in [1.29, 1.82) is 0 Å². The lowest BCUT2D eigenvalue weighted by atomic mass is 9.89. The van der Waals surface area contributed by atoms with Crippen molar-refractivity contribution in [2.24, 2.45) is 4.99 Å². The molecule has 1 aromatic heterocycles. The van der Waals surface area contributed by atoms with Gasteiger partial charge in [0.15, 0.2) is 0 Å². The molecule has 1 aromatic carbocycles. The number of hydrogen-bond acceptors (Lipinski definition) is 2. The van der Waals surface area contributed by atoms with E-state index < -0.39 is 0 Å². The van der Waals surface area contributed by atoms with Gasteiger partial charge in [0.2, 0.25) is 0 Å². The number of aryl methyl sites for hydroxylation is 1. The molecule has 0 atom stereocenters. The first-order valence-corrected chi connectivity index (χ1v) is 16.4. The summed E-state index contributed by atoms with van der Waals surface area (Å²) >= 11 is 0. The van der Waals surface area contributed by atoms with Crippen LogP contribution in [0.5, 0.6) is 0 Å². The van der Waals surface area contributed by atoms with E-state index in [4.69, 9.17) is 16.4 Å². The zero-order valence-corrected chi connectivity index (χ0v) is 29.8. The number of rotatable bonds is 12. The number of likely N-dealkylation sites (N-methyl/N-ethyl adjacent to an activating group) is 1. The van der Waals surface area contributed by atoms with E-state index in [0.717, 1.165) is 85.6 Å². The highest BCUT2D eigenvalue weighted by atomic mass is 15.2. The van der Waals surface area contributed by atoms with Gasteiger partial charge in [-0.1, -0.05) is 117 Å². The van der Waals surface area contributed by atoms with Crippen molar-refractivity contribution in [3.8, 4) is 12.3 Å². The minimum Gasteiger partial charge on any atom is -0.329 e. The van der Waals surface area contributed by atoms with Gasteiger partial charge in [0.25, 0.3) is 0 Å². The van der Waals surface area contributed by atoms with Crippen LogP contribution in [0, 0.1) is 26.2 Å². The van der Waals surface area contributed by atoms with Crippen LogP contribution in [0.4, 0.5) is 0 Å². The number of pyridine rings is 1. The van der Waals surface area contributed by atoms with Crippen molar-refractivity contribution in [2.75, 3.05) is 7.05 Å². The highest BCUT2D eigenvalue weighted by Crippen LogP contribution is 2.36. The molecule has 3 heteroatoms. The van der Waals surface area contributed by atoms with Crippen LogP contribution in [0.1, 0.15) is 68.5 Å². The molecule has 1 aliphatic carbocycles. The summed E-state index contributed by atoms with van der Waals surface area (Å²) in [5, 5.41) is 1.02. The van der Waals surface area contributed by atoms with E-state index in [-0.39, 0.29) is 0 Å². The summed E-state index contributed by atoms with van der Waals surface area (Å²) in [6, 6.07) is 4.27. The van der Waals surface area contributed by atoms with Gasteiger partial charge < -0.3 is 4.90 Å². The van der Waals surface area contributed by atoms with Crippen LogP contribution < -0.4 is 0 Å². The minimum atomic E-state index is 0.571. The van der Waals surface area contributed by atoms with Crippen molar-refractivity contribution in [3.05, 3.63) is 167 Å². The molecule has 3 rings (SSSR count). The summed E-state index contributed by atoms with van der Waals surface area (Å²) in [5.41, 5.74) is 10.7. The second-order valence-corrected chi connectivity index (χ2v) is 11.5. The maximum atomic E-state index is 5.89. The number of amidine groups is 1. The lowest BCUT2D eigenvalue weighted by Gasteiger charge is -2.25. The van der Waals surface area contributed by atoms with E-state index in [0.29, 0.717) is 5.57 Å². The first kappa shape index (κ1) is 37.0. The molecular formula is C45H49N3. The monoisotopic (exact) mass is 631 g/mol. The smallest absolute Gasteiger partial charge is 0.140 e. The van der Waals surface area contributed by atoms with Gasteiger partial charge in [0, 0.05) is 34.9 Å². The third kappa shape index (κ3) is 8.87. The Labute approximate surface area is 289 Å². The zero-order chi connectivity index (χ0) is 35.2. The molecule has 1 heterocycles. The summed E-state index contributed by atoms with van der Waals surface area (Å²) < 4.78 is 0. The Morgan fingerprint density at radius 3 is 2.31 bits per heavy atom. The molecule has 0 unspecified atom stereocenters. The molecule has 0 saturated carbocycles. The molecule has 2 aromatic rings. The summed E-state index contributed by atoms with van der Waals surface area (Å²) in [7, 11) is 2.03. The van der Waals surface area contributed by atoms with E-state index >= 15 is 0 Å². The molecule has 0 bridgehead atoms. The maximum Gasteiger partial charge on any atom is 0.140 e. The van der Waals surface area contributed by atoms with Crippen molar-refractivity contribution < 1.29 is 0 Å². The predicted molar refractivity (Wildman–Crippen MR) is 213 cm³/mol. The van der Waals surface area contributed by atoms with Crippen LogP contribution in [0.25, 0.3) is 28.1 Å². The van der Waals surface area contributed by atoms with Gasteiger partial charge in [-0.3, -0.25) is 0 Å². The molecular weight excluding hydrogens is 583 g/mol. The number of aromatic nitrogens is 1. The third-order valence-electron chi connectivity index (χ3n) is 8.13. The minimum absolute atomic E-state index is 0.571. The number of benzene rings is 1. The fraction of sp³-hybridized carbons (Fsp3) is 0.200. The number of terminal acetylenes is 1. The molecule has 0 saturated heterocycles. The second kappa shape index (κ2) is 18.0. The lowest BCUT2D eigenvalue weighted by Crippen LogP contribution is -2.27. The molecule has 0 fully saturated rings. The molecule has 48 heavy (non-hydrogen) atoms. The van der Waals surface area contributed by atoms with Gasteiger partial charge in [0.05, 0.1) is 16.9 Å². The van der Waals surface area contributed by atoms with E-state index in [1.54, 1.807) is 0 Å². The number of fused-ring (bicyclic) bond motifs is 1. The Morgan fingerprint density at radius 1 is 0.938 bits per heavy atom. The van der Waals surface area contributed by atoms with Gasteiger partial charge in [-0.2, -0.15) is 0 Å². The van der Waals surface area contributed by atoms with Crippen molar-refractivity contribution >= 4 is 34.0 Å². The molecule has 0 aliphatic heterocycles. The standard InChI is InChI=1S/C45H49N3/c1-12-17-20-24-37-30-31-41-42(36(10)44(47-43(41)35(37)9)40(27-18-13-2)32(6)15-4)33(7)28-29-34(8)45(46-38(16-5)23-14-3)48(11)39-25-21-19-22-26-39/h4,12-14,16-18,20-21,23-31H,6-8,19,22H2,1-3,5,9-11H3/b17-12-,18-13-,23-14-,24-20-,29-28-,38-16+,40-27+,46-45?. The molecule has 244 valence electrons. The second-order valence-electron chi connectivity index (χ2n) is 11.5. The van der Waals surface area contributed by atoms with Crippen LogP contribution in [0.2, 0.25) is 0 Å². The van der Waals surface area contributed by atoms with Gasteiger partial charge in [0.1, 0.15) is 5.84 Å². The summed E-state index contributed by atoms with van der Waals surface area (Å²) in [6.07, 6.45) is 38.6. The highest BCUT2D eigenvalue weighted by molar-refractivity contribution is 6.04. The molecule has 0 N–H and O–H groups in total. The number of hydrogen-bond donors (Lipinski definition) is 0. The maximum absolute atomic E-state index is 5.89. The molecule has 3 nitrogen and oxygen atoms in total. The Morgan fingerprint density at radius 2 is 1.69 bits per heavy atom. The fourth-order valence-corrected chi connectivity index (χ4v) is 5.48. The van der Waals surface area contributed by atoms with Crippen LogP contribution in [0.15, 0.2) is 144 Å². The first-order chi connectivity index (χ1) is 23.1. The number of nitrogens with zero attached hydrogens (tertiary/aromatic N) is 3. The van der Waals surface area contributed by atoms with Crippen LogP contribution >= 0.6 is 0 Å². The van der Waals surface area contributed by atoms with Crippen molar-refractivity contribution in [2.45, 2.75) is 54.4 Å². The summed E-state index contributed by atoms with van der Waals surface area (Å²) in [6.45, 7) is 25.4. The predicted octanol–water partition coefficient (Wildman–Crippen LogP) is 11.8. The average Bonchev–Trinajstić information content (AvgIpc) is 3.10. The lowest BCUT2D eigenvalue weighted by molar-refractivity contribution is 0.637. The molecule has 0 spiro atoms. The van der Waals surface area contributed by atoms with Crippen LogP contribution in [-0.4, -0.2) is 22.8 Å². The number of allylic oxidation sites excluding steroid dienone is 16. The van der Waals surface area contributed by atoms with Gasteiger partial charge in [-0.25, -0.2) is 9.98 Å². The SMILES string of the molecule is C#CC(=C)/C(=C\C=C/C)c1nc2c(C)c(/C=C\C=C/C)ccc2c(C(=C)/C=C\C(=C)C(=NC(/C=C\C)=C/C)N(C)C2=CCCC=C2)c1C. The normalized spacial score (nSPS) is 14.6. The van der Waals surface area contributed by atoms with E-state index in [9.17, 15) is 0 Å². The van der Waals surface area contributed by atoms with Gasteiger partial charge in [-0.15, -0.1) is 6.42 Å². The largest absolute Gasteiger partial charge is 0.329 e.